The van der Waals surface area contributed by atoms with Gasteiger partial charge in [-0.3, -0.25) is 0 Å². The smallest absolute Gasteiger partial charge is 0.338 e. The molecule has 0 saturated heterocycles. The summed E-state index contributed by atoms with van der Waals surface area (Å²) < 4.78 is 11.7. The van der Waals surface area contributed by atoms with Gasteiger partial charge in [-0.15, -0.1) is 0 Å². The van der Waals surface area contributed by atoms with Crippen LogP contribution in [0.3, 0.4) is 0 Å². The van der Waals surface area contributed by atoms with E-state index in [0.29, 0.717) is 12.2 Å². The van der Waals surface area contributed by atoms with Gasteiger partial charge < -0.3 is 9.47 Å². The maximum absolute atomic E-state index is 11.8. The number of aryl methyl sites for hydroxylation is 1. The average molecular weight is 382 g/mol. The van der Waals surface area contributed by atoms with Gasteiger partial charge in [-0.25, -0.2) is 4.79 Å². The van der Waals surface area contributed by atoms with Gasteiger partial charge in [0.25, 0.3) is 0 Å². The number of esters is 1. The summed E-state index contributed by atoms with van der Waals surface area (Å²) in [5.74, 6) is 0.455. The minimum absolute atomic E-state index is 0.234. The lowest BCUT2D eigenvalue weighted by Crippen LogP contribution is -2.12. The van der Waals surface area contributed by atoms with E-state index in [-0.39, 0.29) is 12.6 Å². The van der Waals surface area contributed by atoms with Gasteiger partial charge in [0, 0.05) is 3.57 Å². The summed E-state index contributed by atoms with van der Waals surface area (Å²) in [6.45, 7) is 2.60. The number of ether oxygens (including phenoxy) is 2. The summed E-state index contributed by atoms with van der Waals surface area (Å²) in [5.41, 5.74) is 1.75. The van der Waals surface area contributed by atoms with E-state index >= 15 is 0 Å². The van der Waals surface area contributed by atoms with Crippen molar-refractivity contribution in [2.75, 3.05) is 13.2 Å². The quantitative estimate of drug-likeness (QED) is 0.448. The van der Waals surface area contributed by atoms with Crippen molar-refractivity contribution >= 4 is 28.6 Å². The minimum Gasteiger partial charge on any atom is -0.490 e. The van der Waals surface area contributed by atoms with Crippen molar-refractivity contribution in [3.63, 3.8) is 0 Å². The normalized spacial score (nSPS) is 10.1. The van der Waals surface area contributed by atoms with Crippen LogP contribution < -0.4 is 4.74 Å². The Hall–Kier alpha value is -1.56. The van der Waals surface area contributed by atoms with E-state index in [1.54, 1.807) is 12.1 Å². The lowest BCUT2D eigenvalue weighted by atomic mass is 10.2. The van der Waals surface area contributed by atoms with Crippen LogP contribution in [-0.4, -0.2) is 19.2 Å². The number of carbonyl (C=O) groups is 1. The standard InChI is InChI=1S/C16H15IO3/c1-12-5-7-15(8-6-12)19-9-10-20-16(18)13-3-2-4-14(17)11-13/h2-8,11H,9-10H2,1H3. The third kappa shape index (κ3) is 4.52. The molecule has 3 nitrogen and oxygen atoms in total. The van der Waals surface area contributed by atoms with E-state index < -0.39 is 0 Å². The van der Waals surface area contributed by atoms with E-state index in [0.717, 1.165) is 9.32 Å². The Morgan fingerprint density at radius 3 is 2.55 bits per heavy atom. The van der Waals surface area contributed by atoms with Gasteiger partial charge in [-0.2, -0.15) is 0 Å². The summed E-state index contributed by atoms with van der Waals surface area (Å²) in [5, 5.41) is 0. The van der Waals surface area contributed by atoms with Crippen LogP contribution in [-0.2, 0) is 4.74 Å². The van der Waals surface area contributed by atoms with Crippen LogP contribution in [0.25, 0.3) is 0 Å². The fourth-order valence-electron chi connectivity index (χ4n) is 1.63. The third-order valence-corrected chi connectivity index (χ3v) is 3.34. The first-order valence-corrected chi connectivity index (χ1v) is 7.35. The molecule has 0 amide bonds. The van der Waals surface area contributed by atoms with Crippen molar-refractivity contribution in [2.24, 2.45) is 0 Å². The average Bonchev–Trinajstić information content (AvgIpc) is 2.45. The van der Waals surface area contributed by atoms with E-state index in [1.165, 1.54) is 5.56 Å². The first-order valence-electron chi connectivity index (χ1n) is 6.27. The molecule has 0 bridgehead atoms. The Morgan fingerprint density at radius 1 is 1.10 bits per heavy atom. The molecular weight excluding hydrogens is 367 g/mol. The summed E-state index contributed by atoms with van der Waals surface area (Å²) >= 11 is 2.16. The Kier molecular flexibility index (Phi) is 5.40. The second-order valence-electron chi connectivity index (χ2n) is 4.31. The van der Waals surface area contributed by atoms with E-state index in [9.17, 15) is 4.79 Å². The number of carbonyl (C=O) groups excluding carboxylic acids is 1. The third-order valence-electron chi connectivity index (χ3n) is 2.67. The highest BCUT2D eigenvalue weighted by Gasteiger charge is 2.06. The van der Waals surface area contributed by atoms with Gasteiger partial charge >= 0.3 is 5.97 Å². The molecule has 4 heteroatoms. The molecule has 0 aliphatic carbocycles. The highest BCUT2D eigenvalue weighted by atomic mass is 127. The monoisotopic (exact) mass is 382 g/mol. The molecule has 2 aromatic rings. The van der Waals surface area contributed by atoms with Gasteiger partial charge in [0.05, 0.1) is 5.56 Å². The van der Waals surface area contributed by atoms with E-state index in [1.807, 2.05) is 43.3 Å². The Labute approximate surface area is 132 Å². The zero-order chi connectivity index (χ0) is 14.4. The molecule has 0 N–H and O–H groups in total. The molecule has 104 valence electrons. The van der Waals surface area contributed by atoms with Crippen molar-refractivity contribution in [2.45, 2.75) is 6.92 Å². The molecule has 0 aliphatic heterocycles. The maximum atomic E-state index is 11.8. The van der Waals surface area contributed by atoms with Crippen LogP contribution in [0.15, 0.2) is 48.5 Å². The lowest BCUT2D eigenvalue weighted by molar-refractivity contribution is 0.0450. The number of halogens is 1. The van der Waals surface area contributed by atoms with E-state index in [4.69, 9.17) is 9.47 Å². The molecule has 0 fully saturated rings. The van der Waals surface area contributed by atoms with Crippen LogP contribution >= 0.6 is 22.6 Å². The van der Waals surface area contributed by atoms with Gasteiger partial charge in [0.1, 0.15) is 19.0 Å². The number of hydrogen-bond acceptors (Lipinski definition) is 3. The fraction of sp³-hybridized carbons (Fsp3) is 0.188. The first kappa shape index (κ1) is 14.8. The lowest BCUT2D eigenvalue weighted by Gasteiger charge is -2.07. The molecule has 0 atom stereocenters. The maximum Gasteiger partial charge on any atom is 0.338 e. The first-order chi connectivity index (χ1) is 9.65. The molecule has 2 rings (SSSR count). The minimum atomic E-state index is -0.323. The van der Waals surface area contributed by atoms with Gasteiger partial charge in [-0.1, -0.05) is 23.8 Å². The molecule has 0 saturated carbocycles. The van der Waals surface area contributed by atoms with Crippen LogP contribution in [0.1, 0.15) is 15.9 Å². The van der Waals surface area contributed by atoms with Crippen molar-refractivity contribution in [3.05, 3.63) is 63.2 Å². The van der Waals surface area contributed by atoms with Crippen LogP contribution in [0, 0.1) is 10.5 Å². The number of hydrogen-bond donors (Lipinski definition) is 0. The second-order valence-corrected chi connectivity index (χ2v) is 5.55. The zero-order valence-corrected chi connectivity index (χ0v) is 13.3. The summed E-state index contributed by atoms with van der Waals surface area (Å²) in [4.78, 5) is 11.8. The van der Waals surface area contributed by atoms with Crippen molar-refractivity contribution in [1.82, 2.24) is 0 Å². The van der Waals surface area contributed by atoms with Gasteiger partial charge in [0.2, 0.25) is 0 Å². The van der Waals surface area contributed by atoms with Crippen LogP contribution in [0.4, 0.5) is 0 Å². The summed E-state index contributed by atoms with van der Waals surface area (Å²) in [6, 6.07) is 15.1. The molecule has 0 unspecified atom stereocenters. The topological polar surface area (TPSA) is 35.5 Å². The van der Waals surface area contributed by atoms with E-state index in [2.05, 4.69) is 22.6 Å². The summed E-state index contributed by atoms with van der Waals surface area (Å²) in [6.07, 6.45) is 0. The van der Waals surface area contributed by atoms with Crippen molar-refractivity contribution < 1.29 is 14.3 Å². The Bertz CT molecular complexity index is 579. The predicted octanol–water partition coefficient (Wildman–Crippen LogP) is 3.84. The molecule has 0 heterocycles. The van der Waals surface area contributed by atoms with Crippen molar-refractivity contribution in [1.29, 1.82) is 0 Å². The fourth-order valence-corrected chi connectivity index (χ4v) is 2.17. The molecule has 20 heavy (non-hydrogen) atoms. The van der Waals surface area contributed by atoms with Gasteiger partial charge in [0.15, 0.2) is 0 Å². The Balaban J connectivity index is 1.76. The molecule has 2 aromatic carbocycles. The number of rotatable bonds is 5. The zero-order valence-electron chi connectivity index (χ0n) is 11.1. The predicted molar refractivity (Wildman–Crippen MR) is 86.1 cm³/mol. The van der Waals surface area contributed by atoms with Crippen molar-refractivity contribution in [3.8, 4) is 5.75 Å². The SMILES string of the molecule is Cc1ccc(OCCOC(=O)c2cccc(I)c2)cc1. The Morgan fingerprint density at radius 2 is 1.85 bits per heavy atom. The van der Waals surface area contributed by atoms with Crippen LogP contribution in [0.2, 0.25) is 0 Å². The number of benzene rings is 2. The molecule has 0 aromatic heterocycles. The van der Waals surface area contributed by atoms with Crippen LogP contribution in [0.5, 0.6) is 5.75 Å². The second kappa shape index (κ2) is 7.28. The molecule has 0 spiro atoms. The highest BCUT2D eigenvalue weighted by Crippen LogP contribution is 2.11. The molecule has 0 radical (unpaired) electrons. The molecular formula is C16H15IO3. The van der Waals surface area contributed by atoms with Gasteiger partial charge in [-0.05, 0) is 59.8 Å². The largest absolute Gasteiger partial charge is 0.490 e. The highest BCUT2D eigenvalue weighted by molar-refractivity contribution is 14.1. The summed E-state index contributed by atoms with van der Waals surface area (Å²) in [7, 11) is 0. The molecule has 0 aliphatic rings.